The number of phenols is 1. The lowest BCUT2D eigenvalue weighted by Gasteiger charge is -2.06. The van der Waals surface area contributed by atoms with Gasteiger partial charge in [-0.05, 0) is 21.9 Å². The first-order valence-corrected chi connectivity index (χ1v) is 9.13. The average molecular weight is 433 g/mol. The Kier molecular flexibility index (Phi) is 6.35. The maximum Gasteiger partial charge on any atom is 0.324 e. The molecular weight excluding hydrogens is 418 g/mol. The second kappa shape index (κ2) is 9.30. The molecule has 0 spiro atoms. The van der Waals surface area contributed by atoms with Gasteiger partial charge in [-0.1, -0.05) is 72.8 Å². The third-order valence-electron chi connectivity index (χ3n) is 4.53. The first kappa shape index (κ1) is 21.8. The molecule has 0 unspecified atom stereocenters. The number of aromatic hydroxyl groups is 1. The van der Waals surface area contributed by atoms with Crippen molar-refractivity contribution < 1.29 is 19.9 Å². The number of hydrogen-bond acceptors (Lipinski definition) is 7. The van der Waals surface area contributed by atoms with E-state index >= 15 is 0 Å². The number of non-ortho nitro benzene ring substituents is 1. The Hall–Kier alpha value is -4.86. The molecule has 4 aromatic carbocycles. The van der Waals surface area contributed by atoms with E-state index in [1.54, 1.807) is 0 Å². The van der Waals surface area contributed by atoms with E-state index in [0.717, 1.165) is 0 Å². The summed E-state index contributed by atoms with van der Waals surface area (Å²) in [5.74, 6) is -1.21. The molecule has 10 nitrogen and oxygen atoms in total. The van der Waals surface area contributed by atoms with Crippen molar-refractivity contribution in [3.8, 4) is 16.9 Å². The maximum absolute atomic E-state index is 10.4. The van der Waals surface area contributed by atoms with E-state index in [0.29, 0.717) is 12.1 Å². The van der Waals surface area contributed by atoms with Crippen LogP contribution in [0.4, 0.5) is 17.1 Å². The number of rotatable bonds is 4. The van der Waals surface area contributed by atoms with Gasteiger partial charge in [0.05, 0.1) is 26.9 Å². The Labute approximate surface area is 180 Å². The fraction of sp³-hybridized carbons (Fsp3) is 0. The third-order valence-corrected chi connectivity index (χ3v) is 4.53. The topological polar surface area (TPSA) is 150 Å². The Balaban J connectivity index is 0.000000181. The van der Waals surface area contributed by atoms with E-state index in [1.165, 1.54) is 21.9 Å². The van der Waals surface area contributed by atoms with E-state index in [9.17, 15) is 30.3 Å². The van der Waals surface area contributed by atoms with Gasteiger partial charge in [-0.15, -0.1) is 0 Å². The molecule has 0 atom stereocenters. The van der Waals surface area contributed by atoms with Crippen molar-refractivity contribution in [2.24, 2.45) is 0 Å². The summed E-state index contributed by atoms with van der Waals surface area (Å²) in [6.07, 6.45) is 0. The van der Waals surface area contributed by atoms with Crippen molar-refractivity contribution >= 4 is 27.8 Å². The Morgan fingerprint density at radius 1 is 0.625 bits per heavy atom. The van der Waals surface area contributed by atoms with Gasteiger partial charge in [-0.2, -0.15) is 0 Å². The summed E-state index contributed by atoms with van der Waals surface area (Å²) in [6, 6.07) is 26.4. The lowest BCUT2D eigenvalue weighted by atomic mass is 9.98. The highest BCUT2D eigenvalue weighted by Gasteiger charge is 2.30. The molecule has 0 bridgehead atoms. The van der Waals surface area contributed by atoms with Crippen LogP contribution in [-0.2, 0) is 0 Å². The fourth-order valence-electron chi connectivity index (χ4n) is 3.07. The number of nitro groups is 3. The fourth-order valence-corrected chi connectivity index (χ4v) is 3.07. The summed E-state index contributed by atoms with van der Waals surface area (Å²) >= 11 is 0. The van der Waals surface area contributed by atoms with Gasteiger partial charge in [-0.3, -0.25) is 30.3 Å². The highest BCUT2D eigenvalue weighted by molar-refractivity contribution is 5.96. The van der Waals surface area contributed by atoms with Gasteiger partial charge >= 0.3 is 11.4 Å². The number of fused-ring (bicyclic) bond motifs is 1. The van der Waals surface area contributed by atoms with Gasteiger partial charge < -0.3 is 5.11 Å². The molecule has 0 radical (unpaired) electrons. The quantitative estimate of drug-likeness (QED) is 0.324. The molecule has 32 heavy (non-hydrogen) atoms. The minimum absolute atomic E-state index is 0.447. The van der Waals surface area contributed by atoms with Gasteiger partial charge in [0.15, 0.2) is 0 Å². The van der Waals surface area contributed by atoms with E-state index in [1.807, 2.05) is 0 Å². The average Bonchev–Trinajstić information content (AvgIpc) is 2.79. The highest BCUT2D eigenvalue weighted by atomic mass is 16.6. The predicted molar refractivity (Wildman–Crippen MR) is 117 cm³/mol. The lowest BCUT2D eigenvalue weighted by Crippen LogP contribution is -1.97. The molecule has 0 fully saturated rings. The first-order chi connectivity index (χ1) is 15.3. The molecule has 0 aromatic heterocycles. The molecule has 0 aliphatic carbocycles. The van der Waals surface area contributed by atoms with Crippen LogP contribution in [-0.4, -0.2) is 19.9 Å². The molecule has 4 aromatic rings. The van der Waals surface area contributed by atoms with Crippen molar-refractivity contribution in [1.82, 2.24) is 0 Å². The number of nitro benzene ring substituents is 3. The van der Waals surface area contributed by atoms with Crippen LogP contribution in [0, 0.1) is 30.3 Å². The van der Waals surface area contributed by atoms with E-state index in [4.69, 9.17) is 5.11 Å². The van der Waals surface area contributed by atoms with Crippen LogP contribution in [0.5, 0.6) is 5.75 Å². The van der Waals surface area contributed by atoms with Crippen LogP contribution in [0.2, 0.25) is 0 Å². The maximum atomic E-state index is 10.4. The molecule has 0 saturated heterocycles. The van der Waals surface area contributed by atoms with E-state index in [-0.39, 0.29) is 0 Å². The molecular formula is C22H15N3O7. The summed E-state index contributed by atoms with van der Waals surface area (Å²) < 4.78 is 0. The summed E-state index contributed by atoms with van der Waals surface area (Å²) in [4.78, 5) is 27.8. The number of phenolic OH excluding ortho intramolecular Hbond substituents is 1. The zero-order valence-electron chi connectivity index (χ0n) is 16.3. The van der Waals surface area contributed by atoms with Crippen LogP contribution in [0.25, 0.3) is 21.9 Å². The van der Waals surface area contributed by atoms with Gasteiger partial charge in [0, 0.05) is 0 Å². The Bertz CT molecular complexity index is 1280. The highest BCUT2D eigenvalue weighted by Crippen LogP contribution is 2.39. The Morgan fingerprint density at radius 3 is 1.72 bits per heavy atom. The van der Waals surface area contributed by atoms with Crippen LogP contribution in [0.3, 0.4) is 0 Å². The smallest absolute Gasteiger partial charge is 0.324 e. The van der Waals surface area contributed by atoms with Crippen molar-refractivity contribution in [2.45, 2.75) is 0 Å². The van der Waals surface area contributed by atoms with E-state index in [2.05, 4.69) is 72.8 Å². The second-order valence-electron chi connectivity index (χ2n) is 6.50. The summed E-state index contributed by atoms with van der Waals surface area (Å²) in [5, 5.41) is 42.8. The minimum atomic E-state index is -1.21. The normalized spacial score (nSPS) is 10.1. The molecule has 4 rings (SSSR count). The number of benzene rings is 4. The Morgan fingerprint density at radius 2 is 1.16 bits per heavy atom. The van der Waals surface area contributed by atoms with E-state index < -0.39 is 37.6 Å². The van der Waals surface area contributed by atoms with Crippen LogP contribution >= 0.6 is 0 Å². The van der Waals surface area contributed by atoms with Gasteiger partial charge in [0.1, 0.15) is 0 Å². The minimum Gasteiger partial charge on any atom is -0.497 e. The largest absolute Gasteiger partial charge is 0.497 e. The van der Waals surface area contributed by atoms with Gasteiger partial charge in [-0.25, -0.2) is 0 Å². The van der Waals surface area contributed by atoms with Gasteiger partial charge in [0.2, 0.25) is 0 Å². The molecule has 0 aliphatic rings. The summed E-state index contributed by atoms with van der Waals surface area (Å²) in [5.41, 5.74) is -0.420. The molecule has 10 heteroatoms. The predicted octanol–water partition coefficient (Wildman–Crippen LogP) is 5.62. The van der Waals surface area contributed by atoms with Crippen LogP contribution in [0.1, 0.15) is 0 Å². The zero-order valence-corrected chi connectivity index (χ0v) is 16.3. The first-order valence-electron chi connectivity index (χ1n) is 9.13. The van der Waals surface area contributed by atoms with Crippen molar-refractivity contribution in [3.05, 3.63) is 115 Å². The summed E-state index contributed by atoms with van der Waals surface area (Å²) in [6.45, 7) is 0. The number of hydrogen-bond donors (Lipinski definition) is 1. The van der Waals surface area contributed by atoms with Crippen LogP contribution < -0.4 is 0 Å². The lowest BCUT2D eigenvalue weighted by molar-refractivity contribution is -0.404. The van der Waals surface area contributed by atoms with Crippen LogP contribution in [0.15, 0.2) is 84.9 Å². The zero-order chi connectivity index (χ0) is 23.3. The molecule has 0 saturated carbocycles. The van der Waals surface area contributed by atoms with Gasteiger partial charge in [0.25, 0.3) is 11.4 Å². The molecule has 0 heterocycles. The monoisotopic (exact) mass is 433 g/mol. The summed E-state index contributed by atoms with van der Waals surface area (Å²) in [7, 11) is 0. The van der Waals surface area contributed by atoms with Crippen molar-refractivity contribution in [2.75, 3.05) is 0 Å². The third kappa shape index (κ3) is 4.65. The molecule has 0 amide bonds. The standard InChI is InChI=1S/C16H12.C6H3N3O7/c1-2-7-13(8-3-1)16-12-6-10-14-9-4-5-11-15(14)16;10-6-4(8(13)14)1-3(7(11)12)2-5(6)9(15)16/h1-12H;1-2,10H. The number of nitrogens with zero attached hydrogens (tertiary/aromatic N) is 3. The second-order valence-corrected chi connectivity index (χ2v) is 6.50. The SMILES string of the molecule is O=[N+]([O-])c1cc([N+](=O)[O-])c(O)c([N+](=O)[O-])c1.c1ccc(-c2cccc3ccccc23)cc1. The molecule has 1 N–H and O–H groups in total. The molecule has 160 valence electrons. The molecule has 0 aliphatic heterocycles. The van der Waals surface area contributed by atoms with Crippen molar-refractivity contribution in [1.29, 1.82) is 0 Å². The van der Waals surface area contributed by atoms with Crippen molar-refractivity contribution in [3.63, 3.8) is 0 Å².